The molecule has 0 aliphatic rings. The van der Waals surface area contributed by atoms with Crippen molar-refractivity contribution in [3.8, 4) is 0 Å². The molecule has 4 heteroatoms. The zero-order valence-electron chi connectivity index (χ0n) is 7.09. The predicted molar refractivity (Wildman–Crippen MR) is 45.4 cm³/mol. The molecule has 0 aromatic carbocycles. The van der Waals surface area contributed by atoms with Crippen molar-refractivity contribution >= 4 is 5.91 Å². The molecule has 0 atom stereocenters. The van der Waals surface area contributed by atoms with E-state index >= 15 is 0 Å². The smallest absolute Gasteiger partial charge is 0.283 e. The molecular formula is C8H11N3O. The quantitative estimate of drug-likeness (QED) is 0.357. The predicted octanol–water partition coefficient (Wildman–Crippen LogP) is 0.302. The van der Waals surface area contributed by atoms with Crippen molar-refractivity contribution in [2.45, 2.75) is 13.8 Å². The molecular weight excluding hydrogens is 154 g/mol. The molecule has 1 heterocycles. The van der Waals surface area contributed by atoms with Crippen LogP contribution in [0.5, 0.6) is 0 Å². The minimum Gasteiger partial charge on any atom is -0.289 e. The molecule has 0 bridgehead atoms. The fourth-order valence-electron chi connectivity index (χ4n) is 1.03. The zero-order valence-corrected chi connectivity index (χ0v) is 7.09. The average Bonchev–Trinajstić information content (AvgIpc) is 2.01. The van der Waals surface area contributed by atoms with Gasteiger partial charge in [0.2, 0.25) is 0 Å². The van der Waals surface area contributed by atoms with E-state index < -0.39 is 0 Å². The van der Waals surface area contributed by atoms with E-state index in [0.29, 0.717) is 5.69 Å². The van der Waals surface area contributed by atoms with Crippen LogP contribution in [0.4, 0.5) is 0 Å². The van der Waals surface area contributed by atoms with Crippen LogP contribution in [0.25, 0.3) is 0 Å². The van der Waals surface area contributed by atoms with Crippen LogP contribution < -0.4 is 11.3 Å². The van der Waals surface area contributed by atoms with Crippen molar-refractivity contribution in [2.75, 3.05) is 0 Å². The monoisotopic (exact) mass is 165 g/mol. The van der Waals surface area contributed by atoms with Gasteiger partial charge in [-0.2, -0.15) is 0 Å². The van der Waals surface area contributed by atoms with Gasteiger partial charge in [-0.3, -0.25) is 10.2 Å². The molecule has 12 heavy (non-hydrogen) atoms. The van der Waals surface area contributed by atoms with E-state index in [0.717, 1.165) is 11.3 Å². The maximum Gasteiger partial charge on any atom is 0.283 e. The standard InChI is InChI=1S/C8H11N3O/c1-5-3-6(2)10-7(4-5)8(12)11-9/h3-4H,9H2,1-2H3,(H,11,12). The maximum atomic E-state index is 11.0. The molecule has 0 unspecified atom stereocenters. The number of carbonyl (C=O) groups excluding carboxylic acids is 1. The summed E-state index contributed by atoms with van der Waals surface area (Å²) in [7, 11) is 0. The molecule has 0 fully saturated rings. The fraction of sp³-hybridized carbons (Fsp3) is 0.250. The Morgan fingerprint density at radius 2 is 2.17 bits per heavy atom. The topological polar surface area (TPSA) is 68.0 Å². The van der Waals surface area contributed by atoms with E-state index in [2.05, 4.69) is 4.98 Å². The van der Waals surface area contributed by atoms with Crippen LogP contribution in [0.3, 0.4) is 0 Å². The number of nitrogens with two attached hydrogens (primary N) is 1. The average molecular weight is 165 g/mol. The fourth-order valence-corrected chi connectivity index (χ4v) is 1.03. The summed E-state index contributed by atoms with van der Waals surface area (Å²) < 4.78 is 0. The van der Waals surface area contributed by atoms with Gasteiger partial charge in [0.15, 0.2) is 0 Å². The Morgan fingerprint density at radius 1 is 1.50 bits per heavy atom. The van der Waals surface area contributed by atoms with E-state index in [9.17, 15) is 4.79 Å². The number of amides is 1. The van der Waals surface area contributed by atoms with Crippen LogP contribution in [0.2, 0.25) is 0 Å². The molecule has 0 radical (unpaired) electrons. The Bertz CT molecular complexity index is 289. The number of aromatic nitrogens is 1. The molecule has 3 N–H and O–H groups in total. The first kappa shape index (κ1) is 8.67. The van der Waals surface area contributed by atoms with Gasteiger partial charge in [-0.1, -0.05) is 0 Å². The van der Waals surface area contributed by atoms with Crippen molar-refractivity contribution in [2.24, 2.45) is 5.84 Å². The number of rotatable bonds is 1. The second-order valence-corrected chi connectivity index (χ2v) is 2.64. The minimum absolute atomic E-state index is 0.356. The first-order chi connectivity index (χ1) is 5.63. The van der Waals surface area contributed by atoms with Crippen molar-refractivity contribution in [3.05, 3.63) is 29.1 Å². The Hall–Kier alpha value is -1.42. The van der Waals surface area contributed by atoms with Crippen LogP contribution in [-0.2, 0) is 0 Å². The van der Waals surface area contributed by atoms with Crippen LogP contribution in [-0.4, -0.2) is 10.9 Å². The lowest BCUT2D eigenvalue weighted by Crippen LogP contribution is -2.30. The van der Waals surface area contributed by atoms with Gasteiger partial charge in [-0.15, -0.1) is 0 Å². The number of carbonyl (C=O) groups is 1. The van der Waals surface area contributed by atoms with Gasteiger partial charge in [0.1, 0.15) is 5.69 Å². The number of hydrazine groups is 1. The lowest BCUT2D eigenvalue weighted by Gasteiger charge is -2.01. The van der Waals surface area contributed by atoms with Gasteiger partial charge in [-0.25, -0.2) is 10.8 Å². The van der Waals surface area contributed by atoms with Gasteiger partial charge in [0.05, 0.1) is 0 Å². The van der Waals surface area contributed by atoms with Crippen LogP contribution in [0.1, 0.15) is 21.7 Å². The van der Waals surface area contributed by atoms with Gasteiger partial charge >= 0.3 is 0 Å². The maximum absolute atomic E-state index is 11.0. The van der Waals surface area contributed by atoms with Crippen LogP contribution >= 0.6 is 0 Å². The lowest BCUT2D eigenvalue weighted by atomic mass is 10.2. The van der Waals surface area contributed by atoms with E-state index in [1.807, 2.05) is 25.3 Å². The second kappa shape index (κ2) is 3.32. The summed E-state index contributed by atoms with van der Waals surface area (Å²) in [5.74, 6) is 4.61. The number of nitrogens with zero attached hydrogens (tertiary/aromatic N) is 1. The summed E-state index contributed by atoms with van der Waals surface area (Å²) in [5.41, 5.74) is 4.21. The van der Waals surface area contributed by atoms with E-state index in [1.54, 1.807) is 6.07 Å². The lowest BCUT2D eigenvalue weighted by molar-refractivity contribution is 0.0948. The molecule has 0 saturated heterocycles. The van der Waals surface area contributed by atoms with E-state index in [-0.39, 0.29) is 5.91 Å². The highest BCUT2D eigenvalue weighted by Gasteiger charge is 2.05. The summed E-state index contributed by atoms with van der Waals surface area (Å²) in [5, 5.41) is 0. The molecule has 1 aromatic heterocycles. The number of nitrogen functional groups attached to an aromatic ring is 1. The first-order valence-electron chi connectivity index (χ1n) is 3.59. The third-order valence-corrected chi connectivity index (χ3v) is 1.46. The van der Waals surface area contributed by atoms with Crippen molar-refractivity contribution in [3.63, 3.8) is 0 Å². The summed E-state index contributed by atoms with van der Waals surface area (Å²) in [6.07, 6.45) is 0. The third kappa shape index (κ3) is 1.79. The second-order valence-electron chi connectivity index (χ2n) is 2.64. The van der Waals surface area contributed by atoms with Gasteiger partial charge in [-0.05, 0) is 31.5 Å². The Balaban J connectivity index is 3.08. The first-order valence-corrected chi connectivity index (χ1v) is 3.59. The normalized spacial score (nSPS) is 9.58. The number of nitrogens with one attached hydrogen (secondary N) is 1. The molecule has 0 saturated carbocycles. The van der Waals surface area contributed by atoms with Gasteiger partial charge in [0.25, 0.3) is 5.91 Å². The minimum atomic E-state index is -0.359. The molecule has 1 amide bonds. The number of hydrogen-bond donors (Lipinski definition) is 2. The Morgan fingerprint density at radius 3 is 2.67 bits per heavy atom. The number of aryl methyl sites for hydroxylation is 2. The number of pyridine rings is 1. The van der Waals surface area contributed by atoms with E-state index in [1.165, 1.54) is 0 Å². The molecule has 4 nitrogen and oxygen atoms in total. The SMILES string of the molecule is Cc1cc(C)nc(C(=O)NN)c1. The highest BCUT2D eigenvalue weighted by Crippen LogP contribution is 2.03. The molecule has 1 aromatic rings. The largest absolute Gasteiger partial charge is 0.289 e. The molecule has 0 aliphatic heterocycles. The highest BCUT2D eigenvalue weighted by atomic mass is 16.2. The molecule has 0 aliphatic carbocycles. The number of hydrogen-bond acceptors (Lipinski definition) is 3. The van der Waals surface area contributed by atoms with Gasteiger partial charge in [0, 0.05) is 5.69 Å². The molecule has 1 rings (SSSR count). The Labute approximate surface area is 70.8 Å². The van der Waals surface area contributed by atoms with Crippen molar-refractivity contribution in [1.82, 2.24) is 10.4 Å². The molecule has 64 valence electrons. The summed E-state index contributed by atoms with van der Waals surface area (Å²) in [6.45, 7) is 3.74. The molecule has 0 spiro atoms. The van der Waals surface area contributed by atoms with Crippen molar-refractivity contribution < 1.29 is 4.79 Å². The zero-order chi connectivity index (χ0) is 9.14. The summed E-state index contributed by atoms with van der Waals surface area (Å²) >= 11 is 0. The van der Waals surface area contributed by atoms with E-state index in [4.69, 9.17) is 5.84 Å². The Kier molecular flexibility index (Phi) is 2.40. The van der Waals surface area contributed by atoms with Crippen LogP contribution in [0.15, 0.2) is 12.1 Å². The van der Waals surface area contributed by atoms with Gasteiger partial charge < -0.3 is 0 Å². The summed E-state index contributed by atoms with van der Waals surface area (Å²) in [6, 6.07) is 3.59. The third-order valence-electron chi connectivity index (χ3n) is 1.46. The van der Waals surface area contributed by atoms with Crippen molar-refractivity contribution in [1.29, 1.82) is 0 Å². The summed E-state index contributed by atoms with van der Waals surface area (Å²) in [4.78, 5) is 15.0. The highest BCUT2D eigenvalue weighted by molar-refractivity contribution is 5.91. The van der Waals surface area contributed by atoms with Crippen LogP contribution in [0, 0.1) is 13.8 Å².